The second kappa shape index (κ2) is 5.56. The van der Waals surface area contributed by atoms with Gasteiger partial charge in [0.25, 0.3) is 11.7 Å². The Morgan fingerprint density at radius 1 is 1.43 bits per heavy atom. The van der Waals surface area contributed by atoms with E-state index < -0.39 is 23.9 Å². The number of hydrogen-bond acceptors (Lipinski definition) is 4. The average Bonchev–Trinajstić information content (AvgIpc) is 3.15. The van der Waals surface area contributed by atoms with Crippen LogP contribution in [-0.2, 0) is 12.6 Å². The van der Waals surface area contributed by atoms with Gasteiger partial charge in [-0.1, -0.05) is 12.1 Å². The molecule has 0 fully saturated rings. The molecule has 0 saturated heterocycles. The molecule has 1 aromatic carbocycles. The lowest BCUT2D eigenvalue weighted by Crippen LogP contribution is -2.27. The molecule has 6 nitrogen and oxygen atoms in total. The van der Waals surface area contributed by atoms with E-state index in [-0.39, 0.29) is 5.82 Å². The largest absolute Gasteiger partial charge is 0.492 e. The first kappa shape index (κ1) is 15.3. The molecule has 0 radical (unpaired) electrons. The number of halogens is 3. The van der Waals surface area contributed by atoms with Crippen LogP contribution in [0.4, 0.5) is 13.2 Å². The van der Waals surface area contributed by atoms with Gasteiger partial charge >= 0.3 is 6.18 Å². The zero-order valence-corrected chi connectivity index (χ0v) is 12.1. The molecule has 1 aliphatic rings. The summed E-state index contributed by atoms with van der Waals surface area (Å²) >= 11 is 0. The number of ether oxygens (including phenoxy) is 1. The van der Waals surface area contributed by atoms with Crippen LogP contribution in [0.1, 0.15) is 40.5 Å². The first-order valence-electron chi connectivity index (χ1n) is 6.91. The molecule has 0 bridgehead atoms. The number of nitrogens with one attached hydrogen (secondary N) is 2. The Bertz CT molecular complexity index is 742. The molecule has 2 aromatic rings. The van der Waals surface area contributed by atoms with Gasteiger partial charge in [0.05, 0.1) is 18.2 Å². The Kier molecular flexibility index (Phi) is 3.70. The number of fused-ring (bicyclic) bond motifs is 1. The van der Waals surface area contributed by atoms with Crippen LogP contribution in [-0.4, -0.2) is 27.7 Å². The second-order valence-corrected chi connectivity index (χ2v) is 5.13. The van der Waals surface area contributed by atoms with Gasteiger partial charge < -0.3 is 10.1 Å². The molecular weight excluding hydrogens is 313 g/mol. The van der Waals surface area contributed by atoms with Crippen LogP contribution >= 0.6 is 0 Å². The van der Waals surface area contributed by atoms with Crippen molar-refractivity contribution in [2.24, 2.45) is 0 Å². The van der Waals surface area contributed by atoms with Crippen molar-refractivity contribution < 1.29 is 22.7 Å². The van der Waals surface area contributed by atoms with Crippen LogP contribution in [0.2, 0.25) is 0 Å². The van der Waals surface area contributed by atoms with E-state index in [1.807, 2.05) is 6.07 Å². The quantitative estimate of drug-likeness (QED) is 0.907. The highest BCUT2D eigenvalue weighted by Crippen LogP contribution is 2.30. The molecule has 2 heterocycles. The van der Waals surface area contributed by atoms with Crippen LogP contribution in [0.3, 0.4) is 0 Å². The zero-order chi connectivity index (χ0) is 16.6. The van der Waals surface area contributed by atoms with Gasteiger partial charge in [-0.3, -0.25) is 9.89 Å². The number of H-pyrrole nitrogens is 1. The summed E-state index contributed by atoms with van der Waals surface area (Å²) < 4.78 is 42.9. The lowest BCUT2D eigenvalue weighted by Gasteiger charge is -2.13. The zero-order valence-electron chi connectivity index (χ0n) is 12.1. The lowest BCUT2D eigenvalue weighted by molar-refractivity contribution is -0.144. The van der Waals surface area contributed by atoms with E-state index in [4.69, 9.17) is 4.74 Å². The van der Waals surface area contributed by atoms with E-state index in [1.165, 1.54) is 6.92 Å². The molecule has 3 rings (SSSR count). The monoisotopic (exact) mass is 326 g/mol. The Hall–Kier alpha value is -2.58. The van der Waals surface area contributed by atoms with Crippen LogP contribution < -0.4 is 10.1 Å². The van der Waals surface area contributed by atoms with Gasteiger partial charge in [0.15, 0.2) is 0 Å². The second-order valence-electron chi connectivity index (χ2n) is 5.13. The summed E-state index contributed by atoms with van der Waals surface area (Å²) in [6.45, 7) is 2.02. The Balaban J connectivity index is 1.76. The number of hydrogen-bond donors (Lipinski definition) is 2. The molecule has 9 heteroatoms. The Morgan fingerprint density at radius 2 is 2.22 bits per heavy atom. The van der Waals surface area contributed by atoms with Crippen molar-refractivity contribution in [1.82, 2.24) is 20.5 Å². The van der Waals surface area contributed by atoms with Gasteiger partial charge in [-0.25, -0.2) is 4.98 Å². The summed E-state index contributed by atoms with van der Waals surface area (Å²) in [5.41, 5.74) is 1.28. The van der Waals surface area contributed by atoms with Crippen molar-refractivity contribution in [3.63, 3.8) is 0 Å². The minimum atomic E-state index is -4.63. The topological polar surface area (TPSA) is 79.9 Å². The first-order valence-corrected chi connectivity index (χ1v) is 6.91. The molecule has 0 spiro atoms. The molecule has 0 aliphatic carbocycles. The van der Waals surface area contributed by atoms with Gasteiger partial charge in [-0.15, -0.1) is 5.10 Å². The molecule has 1 unspecified atom stereocenters. The number of amides is 1. The Morgan fingerprint density at radius 3 is 2.91 bits per heavy atom. The highest BCUT2D eigenvalue weighted by Gasteiger charge is 2.36. The SMILES string of the molecule is CC(NC(=O)c1cccc2c1OCC2)c1nc(C(F)(F)F)n[nH]1. The summed E-state index contributed by atoms with van der Waals surface area (Å²) in [7, 11) is 0. The lowest BCUT2D eigenvalue weighted by atomic mass is 10.1. The van der Waals surface area contributed by atoms with Crippen LogP contribution in [0, 0.1) is 0 Å². The van der Waals surface area contributed by atoms with Gasteiger partial charge in [0, 0.05) is 6.42 Å². The maximum absolute atomic E-state index is 12.5. The summed E-state index contributed by atoms with van der Waals surface area (Å²) in [6.07, 6.45) is -3.91. The third-order valence-electron chi connectivity index (χ3n) is 3.47. The van der Waals surface area contributed by atoms with Crippen molar-refractivity contribution >= 4 is 5.91 Å². The molecule has 0 saturated carbocycles. The summed E-state index contributed by atoms with van der Waals surface area (Å²) in [6, 6.07) is 4.45. The molecule has 1 amide bonds. The fourth-order valence-corrected chi connectivity index (χ4v) is 2.33. The van der Waals surface area contributed by atoms with E-state index in [1.54, 1.807) is 12.1 Å². The van der Waals surface area contributed by atoms with E-state index in [0.29, 0.717) is 17.9 Å². The highest BCUT2D eigenvalue weighted by atomic mass is 19.4. The summed E-state index contributed by atoms with van der Waals surface area (Å²) in [5.74, 6) is -1.26. The van der Waals surface area contributed by atoms with Crippen LogP contribution in [0.5, 0.6) is 5.75 Å². The van der Waals surface area contributed by atoms with Gasteiger partial charge in [0.2, 0.25) is 0 Å². The van der Waals surface area contributed by atoms with Crippen molar-refractivity contribution in [2.75, 3.05) is 6.61 Å². The molecule has 23 heavy (non-hydrogen) atoms. The molecule has 122 valence electrons. The Labute approximate surface area is 129 Å². The van der Waals surface area contributed by atoms with E-state index in [2.05, 4.69) is 20.5 Å². The number of carbonyl (C=O) groups is 1. The average molecular weight is 326 g/mol. The van der Waals surface area contributed by atoms with Crippen molar-refractivity contribution in [3.8, 4) is 5.75 Å². The normalized spacial score (nSPS) is 15.0. The third-order valence-corrected chi connectivity index (χ3v) is 3.47. The number of para-hydroxylation sites is 1. The number of benzene rings is 1. The summed E-state index contributed by atoms with van der Waals surface area (Å²) in [5, 5.41) is 7.89. The molecule has 1 aromatic heterocycles. The number of carbonyl (C=O) groups excluding carboxylic acids is 1. The van der Waals surface area contributed by atoms with E-state index >= 15 is 0 Å². The predicted molar refractivity (Wildman–Crippen MR) is 72.9 cm³/mol. The molecular formula is C14H13F3N4O2. The molecule has 1 atom stereocenters. The van der Waals surface area contributed by atoms with Crippen LogP contribution in [0.15, 0.2) is 18.2 Å². The van der Waals surface area contributed by atoms with Gasteiger partial charge in [0.1, 0.15) is 11.6 Å². The number of nitrogens with zero attached hydrogens (tertiary/aromatic N) is 2. The van der Waals surface area contributed by atoms with E-state index in [0.717, 1.165) is 12.0 Å². The standard InChI is InChI=1S/C14H13F3N4O2/c1-7(11-19-13(21-20-11)14(15,16)17)18-12(22)9-4-2-3-8-5-6-23-10(8)9/h2-4,7H,5-6H2,1H3,(H,18,22)(H,19,20,21). The molecule has 2 N–H and O–H groups in total. The molecule has 1 aliphatic heterocycles. The fraction of sp³-hybridized carbons (Fsp3) is 0.357. The van der Waals surface area contributed by atoms with E-state index in [9.17, 15) is 18.0 Å². The number of aromatic nitrogens is 3. The third kappa shape index (κ3) is 2.99. The number of aromatic amines is 1. The van der Waals surface area contributed by atoms with Crippen molar-refractivity contribution in [3.05, 3.63) is 41.0 Å². The number of rotatable bonds is 3. The maximum Gasteiger partial charge on any atom is 0.453 e. The first-order chi connectivity index (χ1) is 10.9. The maximum atomic E-state index is 12.5. The smallest absolute Gasteiger partial charge is 0.453 e. The fourth-order valence-electron chi connectivity index (χ4n) is 2.33. The van der Waals surface area contributed by atoms with Crippen molar-refractivity contribution in [1.29, 1.82) is 0 Å². The summed E-state index contributed by atoms with van der Waals surface area (Å²) in [4.78, 5) is 15.7. The van der Waals surface area contributed by atoms with Gasteiger partial charge in [-0.2, -0.15) is 13.2 Å². The highest BCUT2D eigenvalue weighted by molar-refractivity contribution is 5.97. The minimum absolute atomic E-state index is 0.0702. The minimum Gasteiger partial charge on any atom is -0.492 e. The van der Waals surface area contributed by atoms with Crippen LogP contribution in [0.25, 0.3) is 0 Å². The van der Waals surface area contributed by atoms with Crippen molar-refractivity contribution in [2.45, 2.75) is 25.6 Å². The van der Waals surface area contributed by atoms with Gasteiger partial charge in [-0.05, 0) is 18.6 Å². The predicted octanol–water partition coefficient (Wildman–Crippen LogP) is 2.25. The number of alkyl halides is 3.